The number of rotatable bonds is 8. The minimum atomic E-state index is -2.02. The van der Waals surface area contributed by atoms with E-state index in [0.717, 1.165) is 16.2 Å². The zero-order chi connectivity index (χ0) is 26.2. The summed E-state index contributed by atoms with van der Waals surface area (Å²) in [4.78, 5) is 40.4. The first-order valence-electron chi connectivity index (χ1n) is 11.4. The van der Waals surface area contributed by atoms with Crippen LogP contribution in [0.2, 0.25) is 0 Å². The summed E-state index contributed by atoms with van der Waals surface area (Å²) in [7, 11) is 0. The molecule has 2 aromatic rings. The van der Waals surface area contributed by atoms with E-state index in [4.69, 9.17) is 6.42 Å². The van der Waals surface area contributed by atoms with Gasteiger partial charge in [0, 0.05) is 31.6 Å². The summed E-state index contributed by atoms with van der Waals surface area (Å²) in [5, 5.41) is 27.5. The summed E-state index contributed by atoms with van der Waals surface area (Å²) in [6, 6.07) is 8.57. The minimum Gasteiger partial charge on any atom is -0.380 e. The zero-order valence-corrected chi connectivity index (χ0v) is 20.1. The van der Waals surface area contributed by atoms with Crippen molar-refractivity contribution in [3.05, 3.63) is 72.2 Å². The van der Waals surface area contributed by atoms with Crippen LogP contribution in [0, 0.1) is 12.3 Å². The third-order valence-corrected chi connectivity index (χ3v) is 5.75. The molecule has 3 rings (SSSR count). The minimum absolute atomic E-state index is 0.106. The number of benzene rings is 1. The summed E-state index contributed by atoms with van der Waals surface area (Å²) in [6.45, 7) is 3.44. The van der Waals surface area contributed by atoms with E-state index in [1.165, 1.54) is 11.0 Å². The Kier molecular flexibility index (Phi) is 8.78. The Labute approximate surface area is 209 Å². The van der Waals surface area contributed by atoms with Gasteiger partial charge in [0.05, 0.1) is 17.4 Å². The molecule has 0 spiro atoms. The van der Waals surface area contributed by atoms with Gasteiger partial charge in [0.1, 0.15) is 6.54 Å². The SMILES string of the molecule is C#C/C=C(\C=C/C)N1CCN(C(=O)[C@H](O)[C@@H](O)C(=O)N[C@H](C)c2ccc(-n3cccn3)cc2)CC1=O. The number of nitrogens with zero attached hydrogens (tertiary/aromatic N) is 4. The average Bonchev–Trinajstić information content (AvgIpc) is 3.42. The Morgan fingerprint density at radius 3 is 2.50 bits per heavy atom. The topological polar surface area (TPSA) is 128 Å². The molecule has 188 valence electrons. The number of carbonyl (C=O) groups is 3. The zero-order valence-electron chi connectivity index (χ0n) is 20.1. The summed E-state index contributed by atoms with van der Waals surface area (Å²) >= 11 is 0. The standard InChI is InChI=1S/C26H29N5O5/c1-4-7-20(8-5-2)30-16-15-29(17-22(30)32)26(36)24(34)23(33)25(35)28-18(3)19-9-11-21(12-10-19)31-14-6-13-27-31/h1,5-14,18,23-24,33-34H,15-17H2,2-3H3,(H,28,35)/b8-5-,20-7+/t18-,23-,24-/m1/s1. The van der Waals surface area contributed by atoms with Crippen molar-refractivity contribution in [2.45, 2.75) is 32.1 Å². The van der Waals surface area contributed by atoms with Crippen LogP contribution in [0.15, 0.2) is 66.7 Å². The average molecular weight is 492 g/mol. The maximum atomic E-state index is 12.7. The largest absolute Gasteiger partial charge is 0.380 e. The first-order valence-corrected chi connectivity index (χ1v) is 11.4. The molecule has 1 aliphatic heterocycles. The number of hydrogen-bond donors (Lipinski definition) is 3. The smallest absolute Gasteiger partial charge is 0.255 e. The Morgan fingerprint density at radius 2 is 1.92 bits per heavy atom. The molecule has 36 heavy (non-hydrogen) atoms. The molecule has 0 bridgehead atoms. The van der Waals surface area contributed by atoms with Crippen LogP contribution in [0.5, 0.6) is 0 Å². The van der Waals surface area contributed by atoms with E-state index in [2.05, 4.69) is 16.3 Å². The number of aliphatic hydroxyl groups is 2. The van der Waals surface area contributed by atoms with Crippen LogP contribution >= 0.6 is 0 Å². The van der Waals surface area contributed by atoms with Crippen LogP contribution in [-0.2, 0) is 14.4 Å². The lowest BCUT2D eigenvalue weighted by Crippen LogP contribution is -2.57. The molecule has 2 heterocycles. The number of amides is 3. The number of aliphatic hydroxyl groups excluding tert-OH is 2. The summed E-state index contributed by atoms with van der Waals surface area (Å²) < 4.78 is 1.69. The van der Waals surface area contributed by atoms with Gasteiger partial charge in [-0.1, -0.05) is 24.1 Å². The van der Waals surface area contributed by atoms with Crippen molar-refractivity contribution in [1.82, 2.24) is 24.9 Å². The number of carbonyl (C=O) groups excluding carboxylic acids is 3. The van der Waals surface area contributed by atoms with Crippen molar-refractivity contribution in [3.63, 3.8) is 0 Å². The highest BCUT2D eigenvalue weighted by atomic mass is 16.3. The van der Waals surface area contributed by atoms with Gasteiger partial charge < -0.3 is 25.3 Å². The number of nitrogens with one attached hydrogen (secondary N) is 1. The van der Waals surface area contributed by atoms with Crippen molar-refractivity contribution in [1.29, 1.82) is 0 Å². The first kappa shape index (κ1) is 26.4. The van der Waals surface area contributed by atoms with Crippen LogP contribution in [0.3, 0.4) is 0 Å². The second-order valence-corrected chi connectivity index (χ2v) is 8.20. The fourth-order valence-corrected chi connectivity index (χ4v) is 3.79. The summed E-state index contributed by atoms with van der Waals surface area (Å²) in [6.07, 6.45) is 9.64. The second kappa shape index (κ2) is 12.0. The van der Waals surface area contributed by atoms with E-state index in [-0.39, 0.29) is 19.6 Å². The van der Waals surface area contributed by atoms with Gasteiger partial charge >= 0.3 is 0 Å². The van der Waals surface area contributed by atoms with Crippen molar-refractivity contribution < 1.29 is 24.6 Å². The van der Waals surface area contributed by atoms with E-state index < -0.39 is 36.0 Å². The maximum Gasteiger partial charge on any atom is 0.255 e. The van der Waals surface area contributed by atoms with Gasteiger partial charge in [-0.15, -0.1) is 6.42 Å². The molecule has 0 aliphatic carbocycles. The van der Waals surface area contributed by atoms with Gasteiger partial charge in [0.15, 0.2) is 12.2 Å². The molecule has 1 fully saturated rings. The van der Waals surface area contributed by atoms with Crippen molar-refractivity contribution in [2.75, 3.05) is 19.6 Å². The third-order valence-electron chi connectivity index (χ3n) is 5.75. The number of hydrogen-bond acceptors (Lipinski definition) is 6. The molecule has 0 radical (unpaired) electrons. The molecule has 10 heteroatoms. The van der Waals surface area contributed by atoms with Crippen LogP contribution < -0.4 is 5.32 Å². The Hall–Kier alpha value is -4.20. The molecule has 1 aliphatic rings. The molecular weight excluding hydrogens is 462 g/mol. The predicted octanol–water partition coefficient (Wildman–Crippen LogP) is 0.535. The fourth-order valence-electron chi connectivity index (χ4n) is 3.79. The number of piperazine rings is 1. The van der Waals surface area contributed by atoms with Gasteiger partial charge in [-0.3, -0.25) is 14.4 Å². The molecule has 0 unspecified atom stereocenters. The van der Waals surface area contributed by atoms with Crippen LogP contribution in [0.25, 0.3) is 5.69 Å². The predicted molar refractivity (Wildman–Crippen MR) is 132 cm³/mol. The number of allylic oxidation sites excluding steroid dienone is 3. The van der Waals surface area contributed by atoms with E-state index in [1.807, 2.05) is 12.1 Å². The molecule has 1 saturated heterocycles. The summed E-state index contributed by atoms with van der Waals surface area (Å²) in [5.74, 6) is 0.169. The molecule has 3 atom stereocenters. The molecule has 3 amide bonds. The van der Waals surface area contributed by atoms with E-state index >= 15 is 0 Å². The van der Waals surface area contributed by atoms with Gasteiger partial charge in [0.25, 0.3) is 11.8 Å². The Balaban J connectivity index is 1.57. The highest BCUT2D eigenvalue weighted by Crippen LogP contribution is 2.17. The lowest BCUT2D eigenvalue weighted by Gasteiger charge is -2.36. The Bertz CT molecular complexity index is 1180. The first-order chi connectivity index (χ1) is 17.3. The van der Waals surface area contributed by atoms with Crippen LogP contribution in [-0.4, -0.2) is 79.4 Å². The van der Waals surface area contributed by atoms with E-state index in [0.29, 0.717) is 5.70 Å². The third kappa shape index (κ3) is 6.07. The normalized spacial score (nSPS) is 17.0. The highest BCUT2D eigenvalue weighted by molar-refractivity contribution is 5.93. The van der Waals surface area contributed by atoms with Crippen LogP contribution in [0.1, 0.15) is 25.5 Å². The van der Waals surface area contributed by atoms with E-state index in [9.17, 15) is 24.6 Å². The maximum absolute atomic E-state index is 12.7. The van der Waals surface area contributed by atoms with Crippen LogP contribution in [0.4, 0.5) is 0 Å². The number of aromatic nitrogens is 2. The number of terminal acetylenes is 1. The molecule has 1 aromatic carbocycles. The molecule has 1 aromatic heterocycles. The van der Waals surface area contributed by atoms with Crippen molar-refractivity contribution >= 4 is 17.7 Å². The molecule has 3 N–H and O–H groups in total. The van der Waals surface area contributed by atoms with Gasteiger partial charge in [-0.25, -0.2) is 4.68 Å². The van der Waals surface area contributed by atoms with Gasteiger partial charge in [-0.2, -0.15) is 5.10 Å². The lowest BCUT2D eigenvalue weighted by molar-refractivity contribution is -0.157. The van der Waals surface area contributed by atoms with Crippen molar-refractivity contribution in [3.8, 4) is 18.0 Å². The monoisotopic (exact) mass is 491 g/mol. The molecular formula is C26H29N5O5. The Morgan fingerprint density at radius 1 is 1.19 bits per heavy atom. The van der Waals surface area contributed by atoms with Gasteiger partial charge in [-0.05, 0) is 43.7 Å². The van der Waals surface area contributed by atoms with Crippen molar-refractivity contribution in [2.24, 2.45) is 0 Å². The molecule has 10 nitrogen and oxygen atoms in total. The van der Waals surface area contributed by atoms with E-state index in [1.54, 1.807) is 61.3 Å². The highest BCUT2D eigenvalue weighted by Gasteiger charge is 2.37. The summed E-state index contributed by atoms with van der Waals surface area (Å²) in [5.41, 5.74) is 2.11. The second-order valence-electron chi connectivity index (χ2n) is 8.20. The fraction of sp³-hybridized carbons (Fsp3) is 0.308. The quantitative estimate of drug-likeness (QED) is 0.365. The molecule has 0 saturated carbocycles. The lowest BCUT2D eigenvalue weighted by atomic mass is 10.1. The van der Waals surface area contributed by atoms with Gasteiger partial charge in [0.2, 0.25) is 5.91 Å².